The molecule has 1 N–H and O–H groups in total. The first kappa shape index (κ1) is 18.3. The molecule has 0 unspecified atom stereocenters. The van der Waals surface area contributed by atoms with Crippen molar-refractivity contribution in [2.75, 3.05) is 5.32 Å². The van der Waals surface area contributed by atoms with Gasteiger partial charge in [0.25, 0.3) is 5.69 Å². The van der Waals surface area contributed by atoms with E-state index in [1.165, 1.54) is 29.5 Å². The van der Waals surface area contributed by atoms with Crippen molar-refractivity contribution < 1.29 is 9.72 Å². The maximum Gasteiger partial charge on any atom is 0.270 e. The molecule has 0 aliphatic carbocycles. The van der Waals surface area contributed by atoms with Crippen molar-refractivity contribution in [2.45, 2.75) is 6.54 Å². The van der Waals surface area contributed by atoms with E-state index < -0.39 is 10.7 Å². The Morgan fingerprint density at radius 3 is 2.62 bits per heavy atom. The van der Waals surface area contributed by atoms with Gasteiger partial charge in [-0.1, -0.05) is 35.3 Å². The lowest BCUT2D eigenvalue weighted by Gasteiger charge is -2.11. The van der Waals surface area contributed by atoms with Gasteiger partial charge in [-0.25, -0.2) is 4.98 Å². The summed E-state index contributed by atoms with van der Waals surface area (Å²) in [6.45, 7) is 0.380. The minimum atomic E-state index is -0.546. The molecule has 9 heteroatoms. The molecule has 26 heavy (non-hydrogen) atoms. The summed E-state index contributed by atoms with van der Waals surface area (Å²) in [5, 5.41) is 14.5. The summed E-state index contributed by atoms with van der Waals surface area (Å²) in [4.78, 5) is 28.3. The van der Waals surface area contributed by atoms with Gasteiger partial charge in [0.15, 0.2) is 10.3 Å². The van der Waals surface area contributed by atoms with Crippen LogP contribution in [0.15, 0.2) is 48.7 Å². The number of rotatable bonds is 6. The third-order valence-corrected chi connectivity index (χ3v) is 5.00. The molecule has 0 amide bonds. The fraction of sp³-hybridized carbons (Fsp3) is 0.0588. The minimum absolute atomic E-state index is 0.169. The molecule has 1 heterocycles. The highest BCUT2D eigenvalue weighted by molar-refractivity contribution is 7.15. The number of nitrogens with zero attached hydrogens (tertiary/aromatic N) is 2. The Morgan fingerprint density at radius 1 is 1.19 bits per heavy atom. The van der Waals surface area contributed by atoms with Gasteiger partial charge in [0, 0.05) is 34.5 Å². The molecule has 0 saturated carbocycles. The molecule has 0 saturated heterocycles. The SMILES string of the molecule is O=C(c1ccccc1Cl)c1cc([N+](=O)[O-])ccc1NCc1cnc(Cl)s1. The number of hydrogen-bond acceptors (Lipinski definition) is 6. The first-order chi connectivity index (χ1) is 12.5. The first-order valence-corrected chi connectivity index (χ1v) is 8.94. The van der Waals surface area contributed by atoms with Gasteiger partial charge in [-0.15, -0.1) is 11.3 Å². The van der Waals surface area contributed by atoms with E-state index in [-0.39, 0.29) is 21.8 Å². The van der Waals surface area contributed by atoms with Gasteiger partial charge in [0.2, 0.25) is 0 Å². The topological polar surface area (TPSA) is 85.1 Å². The molecule has 3 rings (SSSR count). The van der Waals surface area contributed by atoms with Gasteiger partial charge >= 0.3 is 0 Å². The average Bonchev–Trinajstić information content (AvgIpc) is 3.05. The lowest BCUT2D eigenvalue weighted by Crippen LogP contribution is -2.09. The van der Waals surface area contributed by atoms with Crippen molar-refractivity contribution in [1.29, 1.82) is 0 Å². The summed E-state index contributed by atoms with van der Waals surface area (Å²) in [6, 6.07) is 10.7. The van der Waals surface area contributed by atoms with Crippen molar-refractivity contribution in [2.24, 2.45) is 0 Å². The van der Waals surface area contributed by atoms with E-state index in [9.17, 15) is 14.9 Å². The van der Waals surface area contributed by atoms with Crippen LogP contribution in [0.4, 0.5) is 11.4 Å². The molecule has 132 valence electrons. The Morgan fingerprint density at radius 2 is 1.96 bits per heavy atom. The van der Waals surface area contributed by atoms with Crippen LogP contribution in [-0.4, -0.2) is 15.7 Å². The van der Waals surface area contributed by atoms with E-state index in [0.29, 0.717) is 16.7 Å². The predicted octanol–water partition coefficient (Wildman–Crippen LogP) is 5.20. The van der Waals surface area contributed by atoms with Crippen LogP contribution >= 0.6 is 34.5 Å². The molecular formula is C17H11Cl2N3O3S. The van der Waals surface area contributed by atoms with E-state index >= 15 is 0 Å². The molecule has 0 aliphatic rings. The number of benzene rings is 2. The third-order valence-electron chi connectivity index (χ3n) is 3.56. The molecule has 0 aliphatic heterocycles. The second-order valence-corrected chi connectivity index (χ2v) is 7.33. The van der Waals surface area contributed by atoms with Crippen LogP contribution < -0.4 is 5.32 Å². The van der Waals surface area contributed by atoms with Crippen molar-refractivity contribution in [3.8, 4) is 0 Å². The maximum absolute atomic E-state index is 12.9. The predicted molar refractivity (Wildman–Crippen MR) is 102 cm³/mol. The number of nitrogens with one attached hydrogen (secondary N) is 1. The number of nitro groups is 1. The molecule has 0 bridgehead atoms. The molecule has 0 radical (unpaired) electrons. The number of ketones is 1. The maximum atomic E-state index is 12.9. The van der Waals surface area contributed by atoms with Gasteiger partial charge < -0.3 is 5.32 Å². The fourth-order valence-electron chi connectivity index (χ4n) is 2.33. The van der Waals surface area contributed by atoms with Crippen molar-refractivity contribution in [3.63, 3.8) is 0 Å². The van der Waals surface area contributed by atoms with Gasteiger partial charge in [0.1, 0.15) is 0 Å². The fourth-order valence-corrected chi connectivity index (χ4v) is 3.47. The van der Waals surface area contributed by atoms with Crippen LogP contribution in [0, 0.1) is 10.1 Å². The van der Waals surface area contributed by atoms with E-state index in [4.69, 9.17) is 23.2 Å². The molecule has 0 fully saturated rings. The standard InChI is InChI=1S/C17H11Cl2N3O3S/c18-14-4-2-1-3-12(14)16(23)13-7-10(22(24)25)5-6-15(13)20-8-11-9-21-17(19)26-11/h1-7,9,20H,8H2. The van der Waals surface area contributed by atoms with Crippen LogP contribution in [-0.2, 0) is 6.54 Å². The Hall–Kier alpha value is -2.48. The number of hydrogen-bond donors (Lipinski definition) is 1. The van der Waals surface area contributed by atoms with E-state index in [1.807, 2.05) is 0 Å². The number of nitro benzene ring substituents is 1. The Balaban J connectivity index is 1.97. The molecule has 1 aromatic heterocycles. The molecule has 3 aromatic rings. The molecule has 0 spiro atoms. The van der Waals surface area contributed by atoms with Crippen LogP contribution in [0.3, 0.4) is 0 Å². The van der Waals surface area contributed by atoms with Crippen LogP contribution in [0.25, 0.3) is 0 Å². The second kappa shape index (κ2) is 7.82. The summed E-state index contributed by atoms with van der Waals surface area (Å²) >= 11 is 13.2. The number of non-ortho nitro benzene ring substituents is 1. The summed E-state index contributed by atoms with van der Waals surface area (Å²) in [7, 11) is 0. The molecule has 6 nitrogen and oxygen atoms in total. The zero-order chi connectivity index (χ0) is 18.7. The summed E-state index contributed by atoms with van der Waals surface area (Å²) in [5.41, 5.74) is 0.735. The van der Waals surface area contributed by atoms with Gasteiger partial charge in [-0.2, -0.15) is 0 Å². The van der Waals surface area contributed by atoms with Gasteiger partial charge in [0.05, 0.1) is 22.1 Å². The Bertz CT molecular complexity index is 991. The number of halogens is 2. The number of aromatic nitrogens is 1. The minimum Gasteiger partial charge on any atom is -0.379 e. The Kier molecular flexibility index (Phi) is 5.51. The monoisotopic (exact) mass is 407 g/mol. The summed E-state index contributed by atoms with van der Waals surface area (Å²) < 4.78 is 0.415. The zero-order valence-corrected chi connectivity index (χ0v) is 15.4. The highest BCUT2D eigenvalue weighted by atomic mass is 35.5. The quantitative estimate of drug-likeness (QED) is 0.344. The lowest BCUT2D eigenvalue weighted by atomic mass is 10.0. The number of carbonyl (C=O) groups is 1. The number of thiazole rings is 1. The second-order valence-electron chi connectivity index (χ2n) is 5.23. The summed E-state index contributed by atoms with van der Waals surface area (Å²) in [6.07, 6.45) is 1.63. The largest absolute Gasteiger partial charge is 0.379 e. The Labute approximate surface area is 162 Å². The average molecular weight is 408 g/mol. The van der Waals surface area contributed by atoms with Gasteiger partial charge in [-0.3, -0.25) is 14.9 Å². The van der Waals surface area contributed by atoms with E-state index in [0.717, 1.165) is 4.88 Å². The smallest absolute Gasteiger partial charge is 0.270 e. The first-order valence-electron chi connectivity index (χ1n) is 7.37. The summed E-state index contributed by atoms with van der Waals surface area (Å²) in [5.74, 6) is -0.399. The number of carbonyl (C=O) groups excluding carboxylic acids is 1. The normalized spacial score (nSPS) is 10.5. The van der Waals surface area contributed by atoms with Crippen LogP contribution in [0.2, 0.25) is 9.49 Å². The van der Waals surface area contributed by atoms with Crippen molar-refractivity contribution in [1.82, 2.24) is 4.98 Å². The van der Waals surface area contributed by atoms with Crippen LogP contribution in [0.5, 0.6) is 0 Å². The molecular weight excluding hydrogens is 397 g/mol. The van der Waals surface area contributed by atoms with E-state index in [2.05, 4.69) is 10.3 Å². The lowest BCUT2D eigenvalue weighted by molar-refractivity contribution is -0.384. The molecule has 0 atom stereocenters. The van der Waals surface area contributed by atoms with Crippen molar-refractivity contribution in [3.05, 3.63) is 84.3 Å². The highest BCUT2D eigenvalue weighted by Crippen LogP contribution is 2.28. The van der Waals surface area contributed by atoms with Crippen LogP contribution in [0.1, 0.15) is 20.8 Å². The van der Waals surface area contributed by atoms with E-state index in [1.54, 1.807) is 30.5 Å². The van der Waals surface area contributed by atoms with Gasteiger partial charge in [-0.05, 0) is 18.2 Å². The molecule has 2 aromatic carbocycles. The number of anilines is 1. The highest BCUT2D eigenvalue weighted by Gasteiger charge is 2.20. The zero-order valence-electron chi connectivity index (χ0n) is 13.1. The van der Waals surface area contributed by atoms with Crippen molar-refractivity contribution >= 4 is 51.7 Å². The third kappa shape index (κ3) is 4.01.